The maximum atomic E-state index is 5.72. The van der Waals surface area contributed by atoms with Crippen LogP contribution < -0.4 is 5.73 Å². The number of hydrogen-bond donors (Lipinski definition) is 1. The summed E-state index contributed by atoms with van der Waals surface area (Å²) < 4.78 is 5.30. The van der Waals surface area contributed by atoms with E-state index in [0.29, 0.717) is 24.8 Å². The summed E-state index contributed by atoms with van der Waals surface area (Å²) in [5.74, 6) is 2.12. The highest BCUT2D eigenvalue weighted by atomic mass is 16.5. The second-order valence-electron chi connectivity index (χ2n) is 5.19. The van der Waals surface area contributed by atoms with Crippen molar-refractivity contribution in [2.75, 3.05) is 0 Å². The van der Waals surface area contributed by atoms with Crippen molar-refractivity contribution in [2.24, 2.45) is 11.7 Å². The van der Waals surface area contributed by atoms with E-state index in [2.05, 4.69) is 30.1 Å². The van der Waals surface area contributed by atoms with Gasteiger partial charge in [0, 0.05) is 13.0 Å². The summed E-state index contributed by atoms with van der Waals surface area (Å²) in [7, 11) is 0. The number of rotatable bonds is 6. The predicted molar refractivity (Wildman–Crippen MR) is 74.6 cm³/mol. The van der Waals surface area contributed by atoms with Crippen molar-refractivity contribution in [3.63, 3.8) is 0 Å². The molecule has 19 heavy (non-hydrogen) atoms. The van der Waals surface area contributed by atoms with Crippen molar-refractivity contribution in [1.29, 1.82) is 0 Å². The quantitative estimate of drug-likeness (QED) is 0.866. The van der Waals surface area contributed by atoms with Crippen molar-refractivity contribution < 1.29 is 4.52 Å². The summed E-state index contributed by atoms with van der Waals surface area (Å²) in [6.07, 6.45) is 2.61. The summed E-state index contributed by atoms with van der Waals surface area (Å²) in [5, 5.41) is 4.02. The van der Waals surface area contributed by atoms with E-state index in [4.69, 9.17) is 10.3 Å². The number of benzene rings is 1. The molecule has 102 valence electrons. The van der Waals surface area contributed by atoms with Crippen molar-refractivity contribution >= 4 is 0 Å². The van der Waals surface area contributed by atoms with E-state index < -0.39 is 0 Å². The van der Waals surface area contributed by atoms with Gasteiger partial charge in [-0.1, -0.05) is 43.3 Å². The highest BCUT2D eigenvalue weighted by molar-refractivity contribution is 5.28. The van der Waals surface area contributed by atoms with Crippen LogP contribution >= 0.6 is 0 Å². The zero-order valence-electron chi connectivity index (χ0n) is 11.6. The Morgan fingerprint density at radius 3 is 2.63 bits per heavy atom. The Kier molecular flexibility index (Phi) is 4.68. The molecule has 0 spiro atoms. The molecule has 0 amide bonds. The second kappa shape index (κ2) is 6.48. The lowest BCUT2D eigenvalue weighted by atomic mass is 10.0. The smallest absolute Gasteiger partial charge is 0.231 e. The number of hydrogen-bond acceptors (Lipinski definition) is 4. The van der Waals surface area contributed by atoms with Crippen LogP contribution in [0.1, 0.15) is 43.1 Å². The van der Waals surface area contributed by atoms with Crippen LogP contribution in [0.25, 0.3) is 0 Å². The molecule has 0 saturated heterocycles. The molecule has 2 rings (SSSR count). The van der Waals surface area contributed by atoms with Crippen LogP contribution in [-0.2, 0) is 19.4 Å². The molecular formula is C15H21N3O. The fourth-order valence-corrected chi connectivity index (χ4v) is 1.97. The van der Waals surface area contributed by atoms with Crippen LogP contribution in [0, 0.1) is 5.92 Å². The normalized spacial score (nSPS) is 11.2. The van der Waals surface area contributed by atoms with Crippen LogP contribution in [0.3, 0.4) is 0 Å². The first-order valence-corrected chi connectivity index (χ1v) is 6.77. The van der Waals surface area contributed by atoms with Gasteiger partial charge in [-0.25, -0.2) is 0 Å². The van der Waals surface area contributed by atoms with Crippen LogP contribution in [0.5, 0.6) is 0 Å². The number of aromatic nitrogens is 2. The minimum absolute atomic E-state index is 0.532. The van der Waals surface area contributed by atoms with E-state index in [9.17, 15) is 0 Å². The van der Waals surface area contributed by atoms with Gasteiger partial charge in [0.15, 0.2) is 5.82 Å². The van der Waals surface area contributed by atoms with Crippen molar-refractivity contribution in [2.45, 2.75) is 39.7 Å². The molecule has 4 nitrogen and oxygen atoms in total. The van der Waals surface area contributed by atoms with E-state index >= 15 is 0 Å². The molecule has 0 radical (unpaired) electrons. The molecule has 1 aromatic heterocycles. The zero-order chi connectivity index (χ0) is 13.7. The lowest BCUT2D eigenvalue weighted by molar-refractivity contribution is 0.377. The van der Waals surface area contributed by atoms with E-state index in [1.54, 1.807) is 0 Å². The Hall–Kier alpha value is -1.68. The summed E-state index contributed by atoms with van der Waals surface area (Å²) in [4.78, 5) is 4.43. The van der Waals surface area contributed by atoms with E-state index in [-0.39, 0.29) is 0 Å². The Morgan fingerprint density at radius 2 is 1.95 bits per heavy atom. The Bertz CT molecular complexity index is 520. The molecule has 0 saturated carbocycles. The van der Waals surface area contributed by atoms with Gasteiger partial charge >= 0.3 is 0 Å². The average Bonchev–Trinajstić information content (AvgIpc) is 2.85. The molecule has 0 fully saturated rings. The van der Waals surface area contributed by atoms with Gasteiger partial charge in [0.2, 0.25) is 5.89 Å². The Labute approximate surface area is 114 Å². The molecule has 0 atom stereocenters. The fraction of sp³-hybridized carbons (Fsp3) is 0.467. The molecule has 0 bridgehead atoms. The van der Waals surface area contributed by atoms with Crippen molar-refractivity contribution in [3.05, 3.63) is 47.1 Å². The first-order chi connectivity index (χ1) is 9.19. The highest BCUT2D eigenvalue weighted by Crippen LogP contribution is 2.14. The van der Waals surface area contributed by atoms with Crippen LogP contribution in [0.15, 0.2) is 28.8 Å². The standard InChI is InChI=1S/C15H21N3O/c1-11(2)7-8-14-17-15(19-18-14)9-12-5-3-4-6-13(12)10-16/h3-6,11H,7-10,16H2,1-2H3. The molecule has 0 unspecified atom stereocenters. The predicted octanol–water partition coefficient (Wildman–Crippen LogP) is 2.71. The molecule has 4 heteroatoms. The van der Waals surface area contributed by atoms with Crippen molar-refractivity contribution in [1.82, 2.24) is 10.1 Å². The molecule has 0 aliphatic heterocycles. The van der Waals surface area contributed by atoms with Crippen LogP contribution in [-0.4, -0.2) is 10.1 Å². The summed E-state index contributed by atoms with van der Waals surface area (Å²) in [6, 6.07) is 8.09. The highest BCUT2D eigenvalue weighted by Gasteiger charge is 2.09. The van der Waals surface area contributed by atoms with Gasteiger partial charge in [-0.05, 0) is 23.5 Å². The third-order valence-electron chi connectivity index (χ3n) is 3.14. The van der Waals surface area contributed by atoms with Crippen molar-refractivity contribution in [3.8, 4) is 0 Å². The molecule has 2 aromatic rings. The maximum absolute atomic E-state index is 5.72. The van der Waals surface area contributed by atoms with Gasteiger partial charge < -0.3 is 10.3 Å². The molecule has 0 aliphatic rings. The minimum Gasteiger partial charge on any atom is -0.339 e. The van der Waals surface area contributed by atoms with Crippen LogP contribution in [0.2, 0.25) is 0 Å². The Morgan fingerprint density at radius 1 is 1.21 bits per heavy atom. The molecule has 0 aliphatic carbocycles. The number of nitrogens with zero attached hydrogens (tertiary/aromatic N) is 2. The van der Waals surface area contributed by atoms with E-state index in [1.165, 1.54) is 0 Å². The lowest BCUT2D eigenvalue weighted by Crippen LogP contribution is -2.02. The SMILES string of the molecule is CC(C)CCc1noc(Cc2ccccc2CN)n1. The molecular weight excluding hydrogens is 238 g/mol. The number of aryl methyl sites for hydroxylation is 1. The second-order valence-corrected chi connectivity index (χ2v) is 5.19. The summed E-state index contributed by atoms with van der Waals surface area (Å²) in [5.41, 5.74) is 8.01. The summed E-state index contributed by atoms with van der Waals surface area (Å²) in [6.45, 7) is 4.92. The Balaban J connectivity index is 2.03. The fourth-order valence-electron chi connectivity index (χ4n) is 1.97. The molecule has 2 N–H and O–H groups in total. The van der Waals surface area contributed by atoms with Crippen LogP contribution in [0.4, 0.5) is 0 Å². The summed E-state index contributed by atoms with van der Waals surface area (Å²) >= 11 is 0. The van der Waals surface area contributed by atoms with Gasteiger partial charge in [0.1, 0.15) is 0 Å². The van der Waals surface area contributed by atoms with Gasteiger partial charge in [-0.3, -0.25) is 0 Å². The number of nitrogens with two attached hydrogens (primary N) is 1. The minimum atomic E-state index is 0.532. The monoisotopic (exact) mass is 259 g/mol. The third kappa shape index (κ3) is 3.89. The largest absolute Gasteiger partial charge is 0.339 e. The van der Waals surface area contributed by atoms with Gasteiger partial charge in [-0.2, -0.15) is 4.98 Å². The third-order valence-corrected chi connectivity index (χ3v) is 3.14. The van der Waals surface area contributed by atoms with E-state index in [0.717, 1.165) is 29.8 Å². The topological polar surface area (TPSA) is 64.9 Å². The molecule has 1 aromatic carbocycles. The van der Waals surface area contributed by atoms with Gasteiger partial charge in [0.25, 0.3) is 0 Å². The average molecular weight is 259 g/mol. The van der Waals surface area contributed by atoms with E-state index in [1.807, 2.05) is 18.2 Å². The molecule has 1 heterocycles. The first kappa shape index (κ1) is 13.7. The zero-order valence-corrected chi connectivity index (χ0v) is 11.6. The van der Waals surface area contributed by atoms with Gasteiger partial charge in [-0.15, -0.1) is 0 Å². The van der Waals surface area contributed by atoms with Gasteiger partial charge in [0.05, 0.1) is 6.42 Å². The lowest BCUT2D eigenvalue weighted by Gasteiger charge is -2.03. The first-order valence-electron chi connectivity index (χ1n) is 6.77. The maximum Gasteiger partial charge on any atom is 0.231 e.